The number of carbonyl (C=O) groups excluding carboxylic acids is 1. The molecule has 23 heavy (non-hydrogen) atoms. The number of rotatable bonds is 3. The lowest BCUT2D eigenvalue weighted by Crippen LogP contribution is -2.36. The number of aromatic nitrogens is 1. The van der Waals surface area contributed by atoms with E-state index in [4.69, 9.17) is 0 Å². The Bertz CT molecular complexity index is 825. The van der Waals surface area contributed by atoms with Gasteiger partial charge in [0.15, 0.2) is 0 Å². The molecule has 2 N–H and O–H groups in total. The standard InChI is InChI=1S/C18H16N2O3/c21-17(14-11-6-7-12(9-11)15(14)18(22)23)20-13-5-1-3-10-4-2-8-19-16(10)13/h1-8,11-12,14-15H,9H2,(H,20,21)(H,22,23)/t11-,12+,14+,15-/m1/s1. The maximum Gasteiger partial charge on any atom is 0.307 e. The van der Waals surface area contributed by atoms with Crippen LogP contribution in [-0.4, -0.2) is 22.0 Å². The van der Waals surface area contributed by atoms with Crippen LogP contribution < -0.4 is 5.32 Å². The van der Waals surface area contributed by atoms with E-state index in [9.17, 15) is 14.7 Å². The van der Waals surface area contributed by atoms with Gasteiger partial charge in [-0.3, -0.25) is 14.6 Å². The van der Waals surface area contributed by atoms with Crippen LogP contribution in [0.25, 0.3) is 10.9 Å². The minimum absolute atomic E-state index is 0.0176. The third-order valence-electron chi connectivity index (χ3n) is 4.94. The summed E-state index contributed by atoms with van der Waals surface area (Å²) < 4.78 is 0. The van der Waals surface area contributed by atoms with Crippen molar-refractivity contribution in [2.24, 2.45) is 23.7 Å². The van der Waals surface area contributed by atoms with Gasteiger partial charge in [-0.15, -0.1) is 0 Å². The second-order valence-corrected chi connectivity index (χ2v) is 6.21. The molecule has 0 aliphatic heterocycles. The summed E-state index contributed by atoms with van der Waals surface area (Å²) in [7, 11) is 0. The lowest BCUT2D eigenvalue weighted by molar-refractivity contribution is -0.146. The average molecular weight is 308 g/mol. The maximum absolute atomic E-state index is 12.7. The highest BCUT2D eigenvalue weighted by atomic mass is 16.4. The predicted molar refractivity (Wildman–Crippen MR) is 85.7 cm³/mol. The largest absolute Gasteiger partial charge is 0.481 e. The number of amides is 1. The number of nitrogens with one attached hydrogen (secondary N) is 1. The summed E-state index contributed by atoms with van der Waals surface area (Å²) >= 11 is 0. The number of hydrogen-bond acceptors (Lipinski definition) is 3. The zero-order valence-electron chi connectivity index (χ0n) is 12.3. The van der Waals surface area contributed by atoms with Gasteiger partial charge in [-0.25, -0.2) is 0 Å². The lowest BCUT2D eigenvalue weighted by atomic mass is 9.82. The molecule has 1 fully saturated rings. The van der Waals surface area contributed by atoms with Gasteiger partial charge < -0.3 is 10.4 Å². The summed E-state index contributed by atoms with van der Waals surface area (Å²) in [5.74, 6) is -2.28. The molecule has 1 saturated carbocycles. The van der Waals surface area contributed by atoms with Gasteiger partial charge in [0, 0.05) is 11.6 Å². The molecule has 0 radical (unpaired) electrons. The van der Waals surface area contributed by atoms with Crippen molar-refractivity contribution in [1.82, 2.24) is 4.98 Å². The van der Waals surface area contributed by atoms with E-state index in [0.717, 1.165) is 11.8 Å². The number of carboxylic acid groups (broad SMARTS) is 1. The van der Waals surface area contributed by atoms with Crippen molar-refractivity contribution in [1.29, 1.82) is 0 Å². The van der Waals surface area contributed by atoms with Crippen molar-refractivity contribution in [2.45, 2.75) is 6.42 Å². The lowest BCUT2D eigenvalue weighted by Gasteiger charge is -2.24. The van der Waals surface area contributed by atoms with E-state index in [1.165, 1.54) is 0 Å². The summed E-state index contributed by atoms with van der Waals surface area (Å²) in [4.78, 5) is 28.6. The number of nitrogens with zero attached hydrogens (tertiary/aromatic N) is 1. The van der Waals surface area contributed by atoms with Crippen LogP contribution in [0, 0.1) is 23.7 Å². The van der Waals surface area contributed by atoms with E-state index in [1.807, 2.05) is 36.4 Å². The Morgan fingerprint density at radius 2 is 1.83 bits per heavy atom. The first-order valence-electron chi connectivity index (χ1n) is 7.71. The first-order valence-corrected chi connectivity index (χ1v) is 7.71. The number of fused-ring (bicyclic) bond motifs is 3. The van der Waals surface area contributed by atoms with Crippen molar-refractivity contribution in [3.8, 4) is 0 Å². The predicted octanol–water partition coefficient (Wildman–Crippen LogP) is 2.70. The number of allylic oxidation sites excluding steroid dienone is 2. The van der Waals surface area contributed by atoms with E-state index in [0.29, 0.717) is 11.2 Å². The number of anilines is 1. The molecule has 4 rings (SSSR count). The van der Waals surface area contributed by atoms with E-state index in [2.05, 4.69) is 10.3 Å². The maximum atomic E-state index is 12.7. The smallest absolute Gasteiger partial charge is 0.307 e. The Labute approximate surface area is 133 Å². The third kappa shape index (κ3) is 2.20. The molecule has 116 valence electrons. The van der Waals surface area contributed by atoms with Gasteiger partial charge >= 0.3 is 5.97 Å². The molecule has 1 aromatic heterocycles. The molecule has 2 aliphatic rings. The Morgan fingerprint density at radius 1 is 1.09 bits per heavy atom. The Kier molecular flexibility index (Phi) is 3.15. The molecule has 1 heterocycles. The fourth-order valence-electron chi connectivity index (χ4n) is 3.94. The summed E-state index contributed by atoms with van der Waals surface area (Å²) in [6.45, 7) is 0. The summed E-state index contributed by atoms with van der Waals surface area (Å²) in [6, 6.07) is 9.35. The van der Waals surface area contributed by atoms with E-state index >= 15 is 0 Å². The Hall–Kier alpha value is -2.69. The monoisotopic (exact) mass is 308 g/mol. The third-order valence-corrected chi connectivity index (χ3v) is 4.94. The Balaban J connectivity index is 1.65. The fraction of sp³-hybridized carbons (Fsp3) is 0.278. The molecule has 4 atom stereocenters. The van der Waals surface area contributed by atoms with Crippen LogP contribution in [0.1, 0.15) is 6.42 Å². The minimum atomic E-state index is -0.891. The number of carboxylic acids is 1. The fourth-order valence-corrected chi connectivity index (χ4v) is 3.94. The molecule has 2 aromatic rings. The molecule has 1 aromatic carbocycles. The number of para-hydroxylation sites is 1. The SMILES string of the molecule is O=C(Nc1cccc2cccnc12)[C@@H]1[C@H](C(=O)O)[C@H]2C=C[C@@H]1C2. The van der Waals surface area contributed by atoms with Gasteiger partial charge in [0.1, 0.15) is 0 Å². The molecule has 5 nitrogen and oxygen atoms in total. The van der Waals surface area contributed by atoms with Crippen molar-refractivity contribution in [3.05, 3.63) is 48.7 Å². The first-order chi connectivity index (χ1) is 11.1. The van der Waals surface area contributed by atoms with Crippen LogP contribution in [0.15, 0.2) is 48.7 Å². The number of aliphatic carboxylic acids is 1. The molecule has 0 unspecified atom stereocenters. The minimum Gasteiger partial charge on any atom is -0.481 e. The molecular weight excluding hydrogens is 292 g/mol. The van der Waals surface area contributed by atoms with Crippen molar-refractivity contribution in [2.75, 3.05) is 5.32 Å². The Morgan fingerprint density at radius 3 is 2.61 bits per heavy atom. The molecule has 5 heteroatoms. The number of carbonyl (C=O) groups is 2. The number of pyridine rings is 1. The van der Waals surface area contributed by atoms with Gasteiger partial charge in [0.05, 0.1) is 23.0 Å². The van der Waals surface area contributed by atoms with Gasteiger partial charge in [-0.1, -0.05) is 30.4 Å². The van der Waals surface area contributed by atoms with Crippen molar-refractivity contribution < 1.29 is 14.7 Å². The highest BCUT2D eigenvalue weighted by molar-refractivity contribution is 6.02. The second-order valence-electron chi connectivity index (χ2n) is 6.21. The highest BCUT2D eigenvalue weighted by Crippen LogP contribution is 2.48. The number of benzene rings is 1. The van der Waals surface area contributed by atoms with Crippen LogP contribution in [0.4, 0.5) is 5.69 Å². The van der Waals surface area contributed by atoms with E-state index in [1.54, 1.807) is 12.3 Å². The number of hydrogen-bond donors (Lipinski definition) is 2. The molecule has 2 aliphatic carbocycles. The topological polar surface area (TPSA) is 79.3 Å². The summed E-state index contributed by atoms with van der Waals surface area (Å²) in [5.41, 5.74) is 1.35. The van der Waals surface area contributed by atoms with Crippen molar-refractivity contribution in [3.63, 3.8) is 0 Å². The molecule has 0 saturated heterocycles. The van der Waals surface area contributed by atoms with Gasteiger partial charge in [-0.05, 0) is 30.4 Å². The first kappa shape index (κ1) is 13.9. The molecule has 1 amide bonds. The van der Waals surface area contributed by atoms with Gasteiger partial charge in [-0.2, -0.15) is 0 Å². The van der Waals surface area contributed by atoms with Gasteiger partial charge in [0.2, 0.25) is 5.91 Å². The molecule has 2 bridgehead atoms. The van der Waals surface area contributed by atoms with Crippen LogP contribution in [0.2, 0.25) is 0 Å². The molecular formula is C18H16N2O3. The van der Waals surface area contributed by atoms with Crippen LogP contribution in [0.5, 0.6) is 0 Å². The van der Waals surface area contributed by atoms with Crippen LogP contribution in [0.3, 0.4) is 0 Å². The summed E-state index contributed by atoms with van der Waals surface area (Å²) in [5, 5.41) is 13.3. The zero-order valence-corrected chi connectivity index (χ0v) is 12.3. The average Bonchev–Trinajstić information content (AvgIpc) is 3.16. The highest BCUT2D eigenvalue weighted by Gasteiger charge is 2.51. The zero-order chi connectivity index (χ0) is 16.0. The van der Waals surface area contributed by atoms with Crippen LogP contribution >= 0.6 is 0 Å². The quantitative estimate of drug-likeness (QED) is 0.854. The summed E-state index contributed by atoms with van der Waals surface area (Å²) in [6.07, 6.45) is 6.35. The van der Waals surface area contributed by atoms with E-state index < -0.39 is 17.8 Å². The van der Waals surface area contributed by atoms with Gasteiger partial charge in [0.25, 0.3) is 0 Å². The second kappa shape index (κ2) is 5.19. The normalized spacial score (nSPS) is 28.2. The molecule has 0 spiro atoms. The van der Waals surface area contributed by atoms with E-state index in [-0.39, 0.29) is 17.7 Å². The van der Waals surface area contributed by atoms with Crippen LogP contribution in [-0.2, 0) is 9.59 Å². The van der Waals surface area contributed by atoms with Crippen molar-refractivity contribution >= 4 is 28.5 Å².